The number of hydrogen-bond donors (Lipinski definition) is 3. The summed E-state index contributed by atoms with van der Waals surface area (Å²) in [6.45, 7) is 2.19. The summed E-state index contributed by atoms with van der Waals surface area (Å²) in [6, 6.07) is 12.7. The molecule has 6 heteroatoms. The second-order valence-electron chi connectivity index (χ2n) is 8.49. The Hall–Kier alpha value is -3.22. The molecule has 32 heavy (non-hydrogen) atoms. The lowest BCUT2D eigenvalue weighted by atomic mass is 9.90. The zero-order valence-electron chi connectivity index (χ0n) is 18.3. The SMILES string of the molecule is COc1cncc(-c2cc3c(c(Nc4ccc(C5CCNCC5)cc4)n2)C(N)CC=C3)c1. The second-order valence-corrected chi connectivity index (χ2v) is 8.49. The van der Waals surface area contributed by atoms with Crippen molar-refractivity contribution in [1.29, 1.82) is 0 Å². The van der Waals surface area contributed by atoms with E-state index in [-0.39, 0.29) is 6.04 Å². The average Bonchev–Trinajstić information content (AvgIpc) is 2.85. The van der Waals surface area contributed by atoms with Gasteiger partial charge in [-0.15, -0.1) is 0 Å². The van der Waals surface area contributed by atoms with Gasteiger partial charge in [0, 0.05) is 29.1 Å². The number of fused-ring (bicyclic) bond motifs is 1. The lowest BCUT2D eigenvalue weighted by Gasteiger charge is -2.24. The van der Waals surface area contributed by atoms with Crippen molar-refractivity contribution in [3.05, 3.63) is 71.6 Å². The van der Waals surface area contributed by atoms with E-state index in [1.807, 2.05) is 6.07 Å². The zero-order valence-corrected chi connectivity index (χ0v) is 18.3. The largest absolute Gasteiger partial charge is 0.495 e. The third kappa shape index (κ3) is 4.24. The second kappa shape index (κ2) is 9.10. The van der Waals surface area contributed by atoms with Gasteiger partial charge in [-0.3, -0.25) is 4.98 Å². The van der Waals surface area contributed by atoms with Gasteiger partial charge in [0.15, 0.2) is 0 Å². The molecule has 6 nitrogen and oxygen atoms in total. The van der Waals surface area contributed by atoms with Gasteiger partial charge in [-0.25, -0.2) is 4.98 Å². The molecule has 1 aliphatic heterocycles. The molecule has 1 unspecified atom stereocenters. The van der Waals surface area contributed by atoms with E-state index >= 15 is 0 Å². The Morgan fingerprint density at radius 2 is 1.91 bits per heavy atom. The fraction of sp³-hybridized carbons (Fsp3) is 0.308. The van der Waals surface area contributed by atoms with Gasteiger partial charge in [-0.2, -0.15) is 0 Å². The Balaban J connectivity index is 1.49. The molecule has 0 amide bonds. The molecule has 1 saturated heterocycles. The molecule has 1 atom stereocenters. The Bertz CT molecular complexity index is 1120. The van der Waals surface area contributed by atoms with Gasteiger partial charge >= 0.3 is 0 Å². The monoisotopic (exact) mass is 427 g/mol. The zero-order chi connectivity index (χ0) is 21.9. The molecule has 0 saturated carbocycles. The van der Waals surface area contributed by atoms with Crippen LogP contribution in [0, 0.1) is 0 Å². The first kappa shape index (κ1) is 20.7. The number of benzene rings is 1. The maximum atomic E-state index is 6.49. The number of nitrogens with zero attached hydrogens (tertiary/aromatic N) is 2. The number of nitrogens with two attached hydrogens (primary N) is 1. The lowest BCUT2D eigenvalue weighted by Crippen LogP contribution is -2.26. The van der Waals surface area contributed by atoms with Gasteiger partial charge in [0.25, 0.3) is 0 Å². The number of hydrogen-bond acceptors (Lipinski definition) is 6. The highest BCUT2D eigenvalue weighted by Gasteiger charge is 2.21. The number of pyridine rings is 2. The van der Waals surface area contributed by atoms with Crippen molar-refractivity contribution in [1.82, 2.24) is 15.3 Å². The topological polar surface area (TPSA) is 85.1 Å². The highest BCUT2D eigenvalue weighted by molar-refractivity contribution is 5.75. The van der Waals surface area contributed by atoms with E-state index in [9.17, 15) is 0 Å². The number of piperidine rings is 1. The summed E-state index contributed by atoms with van der Waals surface area (Å²) in [5.41, 5.74) is 12.8. The quantitative estimate of drug-likeness (QED) is 0.543. The van der Waals surface area contributed by atoms with E-state index in [1.54, 1.807) is 19.5 Å². The summed E-state index contributed by atoms with van der Waals surface area (Å²) in [5, 5.41) is 6.98. The number of nitrogens with one attached hydrogen (secondary N) is 2. The third-order valence-corrected chi connectivity index (χ3v) is 6.38. The van der Waals surface area contributed by atoms with Crippen LogP contribution in [0.3, 0.4) is 0 Å². The predicted molar refractivity (Wildman–Crippen MR) is 129 cm³/mol. The van der Waals surface area contributed by atoms with Gasteiger partial charge in [0.1, 0.15) is 11.6 Å². The third-order valence-electron chi connectivity index (χ3n) is 6.38. The minimum Gasteiger partial charge on any atom is -0.495 e. The maximum absolute atomic E-state index is 6.49. The Labute approximate surface area is 188 Å². The molecule has 3 aromatic rings. The Kier molecular flexibility index (Phi) is 5.88. The van der Waals surface area contributed by atoms with Crippen molar-refractivity contribution in [3.63, 3.8) is 0 Å². The van der Waals surface area contributed by atoms with Crippen LogP contribution in [0.25, 0.3) is 17.3 Å². The number of anilines is 2. The van der Waals surface area contributed by atoms with Crippen molar-refractivity contribution in [2.75, 3.05) is 25.5 Å². The van der Waals surface area contributed by atoms with Crippen LogP contribution in [0.4, 0.5) is 11.5 Å². The first-order chi connectivity index (χ1) is 15.7. The molecule has 2 aromatic heterocycles. The van der Waals surface area contributed by atoms with Crippen LogP contribution < -0.4 is 21.1 Å². The molecule has 1 aliphatic carbocycles. The van der Waals surface area contributed by atoms with Gasteiger partial charge in [-0.05, 0) is 73.7 Å². The average molecular weight is 428 g/mol. The lowest BCUT2D eigenvalue weighted by molar-refractivity contribution is 0.413. The van der Waals surface area contributed by atoms with E-state index in [0.29, 0.717) is 11.7 Å². The minimum absolute atomic E-state index is 0.0866. The van der Waals surface area contributed by atoms with Crippen LogP contribution >= 0.6 is 0 Å². The smallest absolute Gasteiger partial charge is 0.137 e. The molecule has 2 aliphatic rings. The molecule has 4 N–H and O–H groups in total. The van der Waals surface area contributed by atoms with Crippen LogP contribution in [0.5, 0.6) is 5.75 Å². The van der Waals surface area contributed by atoms with E-state index < -0.39 is 0 Å². The fourth-order valence-corrected chi connectivity index (χ4v) is 4.61. The fourth-order valence-electron chi connectivity index (χ4n) is 4.61. The first-order valence-corrected chi connectivity index (χ1v) is 11.3. The summed E-state index contributed by atoms with van der Waals surface area (Å²) in [4.78, 5) is 9.25. The van der Waals surface area contributed by atoms with Gasteiger partial charge < -0.3 is 21.1 Å². The van der Waals surface area contributed by atoms with E-state index in [4.69, 9.17) is 15.5 Å². The van der Waals surface area contributed by atoms with Gasteiger partial charge in [-0.1, -0.05) is 24.3 Å². The first-order valence-electron chi connectivity index (χ1n) is 11.3. The predicted octanol–water partition coefficient (Wildman–Crippen LogP) is 4.78. The van der Waals surface area contributed by atoms with Crippen LogP contribution in [-0.4, -0.2) is 30.2 Å². The summed E-state index contributed by atoms with van der Waals surface area (Å²) in [5.74, 6) is 2.14. The Morgan fingerprint density at radius 3 is 2.69 bits per heavy atom. The van der Waals surface area contributed by atoms with Crippen LogP contribution in [0.15, 0.2) is 54.9 Å². The van der Waals surface area contributed by atoms with Crippen molar-refractivity contribution in [3.8, 4) is 17.0 Å². The van der Waals surface area contributed by atoms with E-state index in [0.717, 1.165) is 53.4 Å². The molecule has 3 heterocycles. The molecule has 164 valence electrons. The number of rotatable bonds is 5. The number of methoxy groups -OCH3 is 1. The molecular weight excluding hydrogens is 398 g/mol. The molecule has 5 rings (SSSR count). The Morgan fingerprint density at radius 1 is 1.09 bits per heavy atom. The summed E-state index contributed by atoms with van der Waals surface area (Å²) >= 11 is 0. The van der Waals surface area contributed by atoms with Crippen molar-refractivity contribution >= 4 is 17.6 Å². The summed E-state index contributed by atoms with van der Waals surface area (Å²) in [7, 11) is 1.64. The standard InChI is InChI=1S/C26H29N5O/c1-32-22-13-20(15-29-16-22)24-14-19-3-2-4-23(27)25(19)26(31-24)30-21-7-5-17(6-8-21)18-9-11-28-12-10-18/h2-3,5-8,13-16,18,23,28H,4,9-12,27H2,1H3,(H,30,31). The molecule has 1 aromatic carbocycles. The van der Waals surface area contributed by atoms with E-state index in [2.05, 4.69) is 58.1 Å². The maximum Gasteiger partial charge on any atom is 0.137 e. The number of aromatic nitrogens is 2. The highest BCUT2D eigenvalue weighted by atomic mass is 16.5. The number of ether oxygens (including phenoxy) is 1. The molecule has 1 fully saturated rings. The van der Waals surface area contributed by atoms with Crippen LogP contribution in [0.1, 0.15) is 47.9 Å². The molecule has 0 radical (unpaired) electrons. The minimum atomic E-state index is -0.0866. The molecular formula is C26H29N5O. The van der Waals surface area contributed by atoms with Crippen LogP contribution in [0.2, 0.25) is 0 Å². The normalized spacial score (nSPS) is 18.2. The van der Waals surface area contributed by atoms with Crippen molar-refractivity contribution in [2.45, 2.75) is 31.2 Å². The van der Waals surface area contributed by atoms with Gasteiger partial charge in [0.2, 0.25) is 0 Å². The highest BCUT2D eigenvalue weighted by Crippen LogP contribution is 2.36. The summed E-state index contributed by atoms with van der Waals surface area (Å²) < 4.78 is 5.35. The van der Waals surface area contributed by atoms with Crippen molar-refractivity contribution in [2.24, 2.45) is 5.73 Å². The van der Waals surface area contributed by atoms with E-state index in [1.165, 1.54) is 18.4 Å². The molecule has 0 spiro atoms. The van der Waals surface area contributed by atoms with Gasteiger partial charge in [0.05, 0.1) is 19.0 Å². The molecule has 0 bridgehead atoms. The van der Waals surface area contributed by atoms with Crippen molar-refractivity contribution < 1.29 is 4.74 Å². The van der Waals surface area contributed by atoms with Crippen LogP contribution in [-0.2, 0) is 0 Å². The summed E-state index contributed by atoms with van der Waals surface area (Å²) in [6.07, 6.45) is 10.9.